The molecule has 1 amide bonds. The lowest BCUT2D eigenvalue weighted by Gasteiger charge is -2.28. The van der Waals surface area contributed by atoms with Crippen LogP contribution in [0.15, 0.2) is 36.4 Å². The molecule has 0 saturated carbocycles. The van der Waals surface area contributed by atoms with Crippen molar-refractivity contribution in [2.45, 2.75) is 45.1 Å². The van der Waals surface area contributed by atoms with Gasteiger partial charge in [0.25, 0.3) is 0 Å². The number of carbonyl (C=O) groups excluding carboxylic acids is 1. The second kappa shape index (κ2) is 8.41. The van der Waals surface area contributed by atoms with E-state index in [4.69, 9.17) is 17.0 Å². The molecule has 1 saturated heterocycles. The Morgan fingerprint density at radius 3 is 2.76 bits per heavy atom. The van der Waals surface area contributed by atoms with E-state index in [1.54, 1.807) is 7.11 Å². The molecule has 0 radical (unpaired) electrons. The second-order valence-electron chi connectivity index (χ2n) is 7.76. The van der Waals surface area contributed by atoms with Crippen LogP contribution in [0.3, 0.4) is 0 Å². The molecule has 5 nitrogen and oxygen atoms in total. The second-order valence-corrected chi connectivity index (χ2v) is 8.17. The fraction of sp³-hybridized carbons (Fsp3) is 0.391. The van der Waals surface area contributed by atoms with E-state index < -0.39 is 0 Å². The average Bonchev–Trinajstić information content (AvgIpc) is 3.13. The lowest BCUT2D eigenvalue weighted by atomic mass is 9.87. The molecule has 0 bridgehead atoms. The molecule has 152 valence electrons. The summed E-state index contributed by atoms with van der Waals surface area (Å²) in [5, 5.41) is 7.39. The maximum Gasteiger partial charge on any atom is 0.227 e. The number of amides is 1. The van der Waals surface area contributed by atoms with E-state index in [0.29, 0.717) is 11.5 Å². The molecule has 1 heterocycles. The molecule has 1 unspecified atom stereocenters. The third kappa shape index (κ3) is 4.22. The third-order valence-electron chi connectivity index (χ3n) is 5.79. The van der Waals surface area contributed by atoms with Gasteiger partial charge in [-0.05, 0) is 91.8 Å². The predicted octanol–water partition coefficient (Wildman–Crippen LogP) is 4.49. The fourth-order valence-corrected chi connectivity index (χ4v) is 4.59. The highest BCUT2D eigenvalue weighted by molar-refractivity contribution is 7.80. The van der Waals surface area contributed by atoms with E-state index in [-0.39, 0.29) is 11.9 Å². The van der Waals surface area contributed by atoms with Crippen molar-refractivity contribution in [2.75, 3.05) is 23.9 Å². The largest absolute Gasteiger partial charge is 0.497 e. The molecule has 29 heavy (non-hydrogen) atoms. The zero-order valence-electron chi connectivity index (χ0n) is 17.0. The van der Waals surface area contributed by atoms with Gasteiger partial charge in [0, 0.05) is 24.3 Å². The number of nitrogens with one attached hydrogen (secondary N) is 2. The number of hydrogen-bond donors (Lipinski definition) is 2. The zero-order valence-corrected chi connectivity index (χ0v) is 17.8. The van der Waals surface area contributed by atoms with Crippen LogP contribution in [0.25, 0.3) is 0 Å². The molecular formula is C23H27N3O2S. The van der Waals surface area contributed by atoms with E-state index in [9.17, 15) is 4.79 Å². The first-order valence-corrected chi connectivity index (χ1v) is 10.6. The molecule has 2 aromatic carbocycles. The molecule has 0 aromatic heterocycles. The van der Waals surface area contributed by atoms with Crippen molar-refractivity contribution in [1.29, 1.82) is 0 Å². The first kappa shape index (κ1) is 19.7. The van der Waals surface area contributed by atoms with Crippen LogP contribution in [0.5, 0.6) is 5.75 Å². The first-order valence-electron chi connectivity index (χ1n) is 10.2. The lowest BCUT2D eigenvalue weighted by Crippen LogP contribution is -2.34. The van der Waals surface area contributed by atoms with Gasteiger partial charge in [-0.3, -0.25) is 4.79 Å². The fourth-order valence-electron chi connectivity index (χ4n) is 4.33. The van der Waals surface area contributed by atoms with Gasteiger partial charge in [-0.15, -0.1) is 0 Å². The topological polar surface area (TPSA) is 53.6 Å². The van der Waals surface area contributed by atoms with Gasteiger partial charge in [-0.2, -0.15) is 0 Å². The van der Waals surface area contributed by atoms with Crippen molar-refractivity contribution < 1.29 is 9.53 Å². The Labute approximate surface area is 177 Å². The minimum absolute atomic E-state index is 0.201. The van der Waals surface area contributed by atoms with Crippen LogP contribution in [0.4, 0.5) is 11.4 Å². The molecule has 2 aliphatic rings. The smallest absolute Gasteiger partial charge is 0.227 e. The van der Waals surface area contributed by atoms with E-state index >= 15 is 0 Å². The Hall–Kier alpha value is -2.60. The maximum absolute atomic E-state index is 12.0. The minimum Gasteiger partial charge on any atom is -0.497 e. The standard InChI is InChI=1S/C23H27N3O2S/c1-15-13-17(8-11-21(15)26-12-4-7-22(26)27)24-23(29)25-20-6-3-5-16-14-18(28-2)9-10-19(16)20/h8-11,13-14,20H,3-7,12H2,1-2H3,(H2,24,25,29). The van der Waals surface area contributed by atoms with Gasteiger partial charge in [-0.1, -0.05) is 6.07 Å². The molecule has 1 atom stereocenters. The van der Waals surface area contributed by atoms with Crippen molar-refractivity contribution in [3.8, 4) is 5.75 Å². The molecule has 1 aliphatic heterocycles. The number of methoxy groups -OCH3 is 1. The summed E-state index contributed by atoms with van der Waals surface area (Å²) in [4.78, 5) is 13.9. The first-order chi connectivity index (χ1) is 14.0. The summed E-state index contributed by atoms with van der Waals surface area (Å²) in [7, 11) is 1.70. The number of ether oxygens (including phenoxy) is 1. The summed E-state index contributed by atoms with van der Waals surface area (Å²) in [6, 6.07) is 12.5. The number of hydrogen-bond acceptors (Lipinski definition) is 3. The van der Waals surface area contributed by atoms with Crippen LogP contribution in [0.1, 0.15) is 48.4 Å². The maximum atomic E-state index is 12.0. The van der Waals surface area contributed by atoms with E-state index in [1.165, 1.54) is 11.1 Å². The van der Waals surface area contributed by atoms with Crippen LogP contribution in [0, 0.1) is 6.92 Å². The van der Waals surface area contributed by atoms with Crippen molar-refractivity contribution in [1.82, 2.24) is 5.32 Å². The number of thiocarbonyl (C=S) groups is 1. The third-order valence-corrected chi connectivity index (χ3v) is 6.01. The predicted molar refractivity (Wildman–Crippen MR) is 121 cm³/mol. The molecule has 1 aliphatic carbocycles. The summed E-state index contributed by atoms with van der Waals surface area (Å²) in [6.07, 6.45) is 4.82. The summed E-state index contributed by atoms with van der Waals surface area (Å²) in [5.74, 6) is 1.11. The Morgan fingerprint density at radius 1 is 1.17 bits per heavy atom. The van der Waals surface area contributed by atoms with Crippen molar-refractivity contribution in [2.24, 2.45) is 0 Å². The van der Waals surface area contributed by atoms with Crippen LogP contribution in [-0.4, -0.2) is 24.7 Å². The molecule has 6 heteroatoms. The Kier molecular flexibility index (Phi) is 5.72. The molecule has 4 rings (SSSR count). The summed E-state index contributed by atoms with van der Waals surface area (Å²) >= 11 is 5.59. The average molecular weight is 410 g/mol. The number of rotatable bonds is 4. The number of nitrogens with zero attached hydrogens (tertiary/aromatic N) is 1. The highest BCUT2D eigenvalue weighted by Crippen LogP contribution is 2.32. The van der Waals surface area contributed by atoms with E-state index in [0.717, 1.165) is 54.9 Å². The van der Waals surface area contributed by atoms with Crippen molar-refractivity contribution in [3.63, 3.8) is 0 Å². The lowest BCUT2D eigenvalue weighted by molar-refractivity contribution is -0.117. The number of anilines is 2. The van der Waals surface area contributed by atoms with Gasteiger partial charge in [0.1, 0.15) is 5.75 Å². The van der Waals surface area contributed by atoms with Gasteiger partial charge in [0.15, 0.2) is 5.11 Å². The van der Waals surface area contributed by atoms with Crippen LogP contribution in [0.2, 0.25) is 0 Å². The number of benzene rings is 2. The number of fused-ring (bicyclic) bond motifs is 1. The summed E-state index contributed by atoms with van der Waals surface area (Å²) in [5.41, 5.74) is 5.61. The van der Waals surface area contributed by atoms with Gasteiger partial charge < -0.3 is 20.3 Å². The van der Waals surface area contributed by atoms with Gasteiger partial charge in [-0.25, -0.2) is 0 Å². The molecule has 1 fully saturated rings. The Bertz CT molecular complexity index is 944. The summed E-state index contributed by atoms with van der Waals surface area (Å²) in [6.45, 7) is 2.84. The van der Waals surface area contributed by atoms with Gasteiger partial charge in [0.05, 0.1) is 13.2 Å². The Balaban J connectivity index is 1.43. The van der Waals surface area contributed by atoms with E-state index in [2.05, 4.69) is 28.8 Å². The zero-order chi connectivity index (χ0) is 20.4. The Morgan fingerprint density at radius 2 is 2.03 bits per heavy atom. The van der Waals surface area contributed by atoms with Gasteiger partial charge >= 0.3 is 0 Å². The van der Waals surface area contributed by atoms with Crippen LogP contribution >= 0.6 is 12.2 Å². The van der Waals surface area contributed by atoms with Crippen LogP contribution < -0.4 is 20.3 Å². The minimum atomic E-state index is 0.201. The SMILES string of the molecule is COc1ccc2c(c1)CCCC2NC(=S)Nc1ccc(N2CCCC2=O)c(C)c1. The summed E-state index contributed by atoms with van der Waals surface area (Å²) < 4.78 is 5.36. The van der Waals surface area contributed by atoms with Crippen molar-refractivity contribution >= 4 is 34.6 Å². The highest BCUT2D eigenvalue weighted by Gasteiger charge is 2.24. The number of carbonyl (C=O) groups is 1. The highest BCUT2D eigenvalue weighted by atomic mass is 32.1. The van der Waals surface area contributed by atoms with Crippen molar-refractivity contribution in [3.05, 3.63) is 53.1 Å². The van der Waals surface area contributed by atoms with Crippen LogP contribution in [-0.2, 0) is 11.2 Å². The monoisotopic (exact) mass is 409 g/mol. The molecule has 2 N–H and O–H groups in total. The molecular weight excluding hydrogens is 382 g/mol. The number of aryl methyl sites for hydroxylation is 2. The normalized spacial score (nSPS) is 18.3. The van der Waals surface area contributed by atoms with Gasteiger partial charge in [0.2, 0.25) is 5.91 Å². The van der Waals surface area contributed by atoms with E-state index in [1.807, 2.05) is 30.0 Å². The quantitative estimate of drug-likeness (QED) is 0.729. The molecule has 0 spiro atoms. The molecule has 2 aromatic rings.